The maximum absolute atomic E-state index is 7.23. The van der Waals surface area contributed by atoms with E-state index in [0.29, 0.717) is 0 Å². The molecule has 13 aromatic carbocycles. The average molecular weight is 2400 g/mol. The standard InChI is InChI=1S/C37H30NSi2.C27H25N2Si.C22H24NSi2.3C12H10N.3Ir/c1-39(2,29-14-6-3-7-15-29)32-23-25-35(38-27-32)28-22-24-34-33-20-12-13-21-36(33)40(37(34)26-28,30-16-8-4-9-17-30)31-18-10-5-11-19-31;1-4-29-26-16-9-8-13-22(26)23-14-10-15-24(27(23)29)25-18-17-21(19-28-25)30(2,3)20-11-6-5-7-12-20;1-24(2,3)16-13-14-20(23-15-16)19-11-8-10-18-17-9-6-7-12-21(17)25(4,5)22(18)19;3*1-10-7-8-12(13-9-10)11-5-3-2-4-6-11;;;/h3-21,23-27H,1-2H3;5-14,16-19H,4H2,1-3H3;6-10,12-15H,1-5H3;3*2-5,7-9H,1H3;;;/q6*-1;;;/i;;;3*1D3;;;. The van der Waals surface area contributed by atoms with Gasteiger partial charge < -0.3 is 34.5 Å². The fourth-order valence-electron chi connectivity index (χ4n) is 18.2. The summed E-state index contributed by atoms with van der Waals surface area (Å²) in [5, 5.41) is 18.2. The Morgan fingerprint density at radius 1 is 0.307 bits per heavy atom. The predicted octanol–water partition coefficient (Wildman–Crippen LogP) is 22.7. The quantitative estimate of drug-likeness (QED) is 0.0797. The predicted molar refractivity (Wildman–Crippen MR) is 578 cm³/mol. The van der Waals surface area contributed by atoms with Crippen molar-refractivity contribution in [2.75, 3.05) is 0 Å². The zero-order chi connectivity index (χ0) is 100. The fraction of sp³-hybridized carbons (Fsp3) is 0.115. The summed E-state index contributed by atoms with van der Waals surface area (Å²) in [5.74, 6) is 0. The molecule has 2 aliphatic heterocycles. The molecule has 0 saturated carbocycles. The van der Waals surface area contributed by atoms with Crippen molar-refractivity contribution in [3.8, 4) is 89.8 Å². The summed E-state index contributed by atoms with van der Waals surface area (Å²) >= 11 is 0. The Bertz CT molecular complexity index is 7500. The summed E-state index contributed by atoms with van der Waals surface area (Å²) in [6, 6.07) is 149. The molecule has 685 valence electrons. The number of pyridine rings is 6. The molecule has 137 heavy (non-hydrogen) atoms. The molecule has 3 radical (unpaired) electrons. The number of benzene rings is 13. The van der Waals surface area contributed by atoms with Crippen LogP contribution in [-0.4, -0.2) is 74.8 Å². The smallest absolute Gasteiger partial charge is 0.161 e. The normalized spacial score (nSPS) is 13.3. The van der Waals surface area contributed by atoms with Crippen LogP contribution in [0.3, 0.4) is 0 Å². The number of aryl methyl sites for hydroxylation is 4. The molecule has 0 spiro atoms. The first kappa shape index (κ1) is 88.6. The Morgan fingerprint density at radius 3 is 1.15 bits per heavy atom. The van der Waals surface area contributed by atoms with Gasteiger partial charge in [0.05, 0.1) is 16.1 Å². The van der Waals surface area contributed by atoms with Gasteiger partial charge in [-0.05, 0) is 132 Å². The number of rotatable bonds is 14. The molecule has 7 nitrogen and oxygen atoms in total. The van der Waals surface area contributed by atoms with Crippen molar-refractivity contribution in [2.45, 2.75) is 92.9 Å². The first-order valence-electron chi connectivity index (χ1n) is 49.9. The molecule has 22 rings (SSSR count). The molecule has 0 atom stereocenters. The molecule has 0 unspecified atom stereocenters. The first-order valence-corrected chi connectivity index (χ1v) is 59.9. The zero-order valence-corrected chi connectivity index (χ0v) is 90.3. The molecule has 0 aliphatic carbocycles. The topological polar surface area (TPSA) is 82.3 Å². The molecule has 0 fully saturated rings. The second-order valence-electron chi connectivity index (χ2n) is 36.0. The Kier molecular flexibility index (Phi) is 29.0. The molecule has 0 amide bonds. The van der Waals surface area contributed by atoms with Crippen molar-refractivity contribution >= 4 is 119 Å². The van der Waals surface area contributed by atoms with E-state index in [0.717, 1.165) is 68.5 Å². The fourth-order valence-corrected chi connectivity index (χ4v) is 32.4. The average Bonchev–Trinajstić information content (AvgIpc) is 1.53. The van der Waals surface area contributed by atoms with Crippen molar-refractivity contribution in [1.82, 2.24) is 34.5 Å². The number of fused-ring (bicyclic) bond motifs is 9. The van der Waals surface area contributed by atoms with Gasteiger partial charge in [0.25, 0.3) is 0 Å². The monoisotopic (exact) mass is 2400 g/mol. The summed E-state index contributed by atoms with van der Waals surface area (Å²) < 4.78 is 67.5. The Labute approximate surface area is 868 Å². The maximum atomic E-state index is 7.23. The Morgan fingerprint density at radius 2 is 0.701 bits per heavy atom. The van der Waals surface area contributed by atoms with Crippen LogP contribution in [0.5, 0.6) is 0 Å². The van der Waals surface area contributed by atoms with E-state index < -0.39 is 60.9 Å². The van der Waals surface area contributed by atoms with Crippen LogP contribution in [0, 0.1) is 57.0 Å². The van der Waals surface area contributed by atoms with Crippen LogP contribution < -0.4 is 57.1 Å². The van der Waals surface area contributed by atoms with Crippen molar-refractivity contribution in [1.29, 1.82) is 0 Å². The van der Waals surface area contributed by atoms with Gasteiger partial charge in [-0.2, -0.15) is 0 Å². The van der Waals surface area contributed by atoms with Gasteiger partial charge >= 0.3 is 0 Å². The Balaban J connectivity index is 0.000000143. The molecule has 7 aromatic heterocycles. The molecule has 0 bridgehead atoms. The zero-order valence-electron chi connectivity index (χ0n) is 87.1. The number of aromatic nitrogens is 7. The van der Waals surface area contributed by atoms with Crippen LogP contribution >= 0.6 is 0 Å². The second-order valence-corrected chi connectivity index (χ2v) is 58.0. The van der Waals surface area contributed by atoms with E-state index in [1.54, 1.807) is 54.6 Å². The summed E-state index contributed by atoms with van der Waals surface area (Å²) in [7, 11) is -9.13. The molecule has 2 aliphatic rings. The Hall–Kier alpha value is -12.4. The third kappa shape index (κ3) is 21.8. The second kappa shape index (κ2) is 44.8. The van der Waals surface area contributed by atoms with E-state index in [1.807, 2.05) is 60.7 Å². The van der Waals surface area contributed by atoms with Gasteiger partial charge in [0, 0.05) is 122 Å². The number of nitrogens with zero attached hydrogens (tertiary/aromatic N) is 7. The van der Waals surface area contributed by atoms with Crippen LogP contribution in [0.2, 0.25) is 58.9 Å². The van der Waals surface area contributed by atoms with Crippen LogP contribution in [0.25, 0.3) is 112 Å². The van der Waals surface area contributed by atoms with Gasteiger partial charge in [-0.25, -0.2) is 0 Å². The van der Waals surface area contributed by atoms with Crippen molar-refractivity contribution in [3.05, 3.63) is 466 Å². The van der Waals surface area contributed by atoms with Crippen molar-refractivity contribution in [3.63, 3.8) is 0 Å². The van der Waals surface area contributed by atoms with Crippen LogP contribution in [0.4, 0.5) is 0 Å². The largest absolute Gasteiger partial charge is 0.381 e. The molecular formula is C122H109Ir3N7Si5-6. The van der Waals surface area contributed by atoms with Crippen molar-refractivity contribution in [2.24, 2.45) is 0 Å². The minimum Gasteiger partial charge on any atom is -0.381 e. The summed E-state index contributed by atoms with van der Waals surface area (Å²) in [4.78, 5) is 27.2. The summed E-state index contributed by atoms with van der Waals surface area (Å²) in [6.07, 6.45) is 10.4. The molecule has 0 N–H and O–H groups in total. The summed E-state index contributed by atoms with van der Waals surface area (Å²) in [6.45, 7) is 18.4. The maximum Gasteiger partial charge on any atom is 0.161 e. The van der Waals surface area contributed by atoms with Gasteiger partial charge in [-0.3, -0.25) is 0 Å². The van der Waals surface area contributed by atoms with Gasteiger partial charge in [-0.15, -0.1) is 189 Å². The van der Waals surface area contributed by atoms with E-state index in [1.165, 1.54) is 125 Å². The third-order valence-corrected chi connectivity index (χ3v) is 43.0. The van der Waals surface area contributed by atoms with Gasteiger partial charge in [-0.1, -0.05) is 357 Å². The first-order chi connectivity index (χ1) is 68.7. The molecule has 9 heterocycles. The molecule has 20 aromatic rings. The van der Waals surface area contributed by atoms with Crippen LogP contribution in [0.15, 0.2) is 413 Å². The van der Waals surface area contributed by atoms with Gasteiger partial charge in [0.2, 0.25) is 0 Å². The van der Waals surface area contributed by atoms with E-state index in [-0.39, 0.29) is 77.0 Å². The summed E-state index contributed by atoms with van der Waals surface area (Å²) in [5.41, 5.74) is 19.8. The SMILES string of the molecule is CCn1c2ccccc2c2cc[c-]c(-c3ccc([Si](C)(C)c4ccccc4)cn3)c21.C[Si](C)(C)c1ccc(-c2[c-]ccc3c2[Si](C)(C)c2ccccc2-3)nc1.C[Si](C)(c1ccccc1)c1ccc(-c2[c-]cc3c(c2)[Si](c2ccccc2)(c2ccccc2)c2ccccc2-3)nc1.[2H]C([2H])([2H])c1ccc(-c2[c-]cccc2)nc1.[2H]C([2H])([2H])c1ccc(-c2[c-]cccc2)nc1.[2H]C([2H])([2H])c1ccc(-c2[c-]cccc2)nc1.[Ir].[Ir].[Ir]. The van der Waals surface area contributed by atoms with Crippen LogP contribution in [-0.2, 0) is 66.9 Å². The number of para-hydroxylation sites is 1. The number of hydrogen-bond donors (Lipinski definition) is 0. The van der Waals surface area contributed by atoms with Gasteiger partial charge in [0.15, 0.2) is 8.07 Å². The minimum absolute atomic E-state index is 0. The van der Waals surface area contributed by atoms with E-state index in [4.69, 9.17) is 27.3 Å². The number of hydrogen-bond acceptors (Lipinski definition) is 6. The van der Waals surface area contributed by atoms with Gasteiger partial charge in [0.1, 0.15) is 16.1 Å². The van der Waals surface area contributed by atoms with Crippen LogP contribution in [0.1, 0.15) is 36.0 Å². The van der Waals surface area contributed by atoms with E-state index in [2.05, 4.69) is 401 Å². The minimum atomic E-state index is -2.52. The third-order valence-electron chi connectivity index (χ3n) is 25.6. The molecular weight excluding hydrogens is 2280 g/mol. The van der Waals surface area contributed by atoms with E-state index in [9.17, 15) is 0 Å². The van der Waals surface area contributed by atoms with E-state index >= 15 is 0 Å². The van der Waals surface area contributed by atoms with Crippen molar-refractivity contribution < 1.29 is 72.7 Å². The molecule has 0 saturated heterocycles. The molecule has 15 heteroatoms.